The van der Waals surface area contributed by atoms with Crippen molar-refractivity contribution in [1.29, 1.82) is 0 Å². The number of nitrogens with zero attached hydrogens (tertiary/aromatic N) is 2. The second-order valence-electron chi connectivity index (χ2n) is 6.12. The van der Waals surface area contributed by atoms with E-state index in [1.807, 2.05) is 26.8 Å². The molecule has 1 amide bonds. The Kier molecular flexibility index (Phi) is 5.73. The molecule has 6 heteroatoms. The van der Waals surface area contributed by atoms with E-state index >= 15 is 0 Å². The van der Waals surface area contributed by atoms with Gasteiger partial charge in [0.25, 0.3) is 5.91 Å². The summed E-state index contributed by atoms with van der Waals surface area (Å²) in [5, 5.41) is 6.96. The molecule has 6 nitrogen and oxygen atoms in total. The van der Waals surface area contributed by atoms with Gasteiger partial charge in [0.05, 0.1) is 11.3 Å². The van der Waals surface area contributed by atoms with Gasteiger partial charge in [-0.3, -0.25) is 4.79 Å². The summed E-state index contributed by atoms with van der Waals surface area (Å²) < 4.78 is 6.99. The number of carbonyl (C=O) groups excluding carboxylic acids is 2. The number of benzene rings is 1. The lowest BCUT2D eigenvalue weighted by molar-refractivity contribution is -0.129. The van der Waals surface area contributed by atoms with Crippen LogP contribution >= 0.6 is 0 Å². The largest absolute Gasteiger partial charge is 0.449 e. The van der Waals surface area contributed by atoms with Gasteiger partial charge in [0.15, 0.2) is 6.10 Å². The Morgan fingerprint density at radius 3 is 2.38 bits per heavy atom. The third kappa shape index (κ3) is 4.44. The average Bonchev–Trinajstić information content (AvgIpc) is 2.98. The number of ether oxygens (including phenoxy) is 1. The van der Waals surface area contributed by atoms with Crippen LogP contribution in [0.1, 0.15) is 36.8 Å². The molecule has 0 unspecified atom stereocenters. The molecule has 24 heavy (non-hydrogen) atoms. The molecule has 1 atom stereocenters. The fourth-order valence-electron chi connectivity index (χ4n) is 2.11. The highest BCUT2D eigenvalue weighted by atomic mass is 16.5. The highest BCUT2D eigenvalue weighted by Gasteiger charge is 2.19. The van der Waals surface area contributed by atoms with Gasteiger partial charge in [0.1, 0.15) is 0 Å². The van der Waals surface area contributed by atoms with Gasteiger partial charge in [-0.1, -0.05) is 13.8 Å². The number of nitrogens with one attached hydrogen (secondary N) is 1. The van der Waals surface area contributed by atoms with Gasteiger partial charge in [-0.2, -0.15) is 5.10 Å². The molecule has 2 rings (SSSR count). The van der Waals surface area contributed by atoms with Crippen molar-refractivity contribution in [2.45, 2.75) is 33.8 Å². The van der Waals surface area contributed by atoms with E-state index in [0.717, 1.165) is 11.4 Å². The molecule has 1 heterocycles. The van der Waals surface area contributed by atoms with Crippen molar-refractivity contribution in [3.63, 3.8) is 0 Å². The van der Waals surface area contributed by atoms with E-state index in [1.54, 1.807) is 42.1 Å². The highest BCUT2D eigenvalue weighted by Crippen LogP contribution is 2.12. The van der Waals surface area contributed by atoms with Gasteiger partial charge in [0, 0.05) is 18.4 Å². The second-order valence-corrected chi connectivity index (χ2v) is 6.12. The molecule has 0 aliphatic rings. The van der Waals surface area contributed by atoms with E-state index in [9.17, 15) is 9.59 Å². The van der Waals surface area contributed by atoms with Crippen molar-refractivity contribution in [3.05, 3.63) is 47.8 Å². The third-order valence-corrected chi connectivity index (χ3v) is 3.52. The Labute approximate surface area is 141 Å². The van der Waals surface area contributed by atoms with Crippen molar-refractivity contribution >= 4 is 11.9 Å². The summed E-state index contributed by atoms with van der Waals surface area (Å²) in [6.07, 6.45) is 0.888. The Balaban J connectivity index is 1.97. The summed E-state index contributed by atoms with van der Waals surface area (Å²) in [7, 11) is 0. The smallest absolute Gasteiger partial charge is 0.338 e. The topological polar surface area (TPSA) is 73.2 Å². The molecule has 0 radical (unpaired) electrons. The molecule has 0 aliphatic carbocycles. The maximum atomic E-state index is 12.1. The number of carbonyl (C=O) groups is 2. The number of hydrogen-bond acceptors (Lipinski definition) is 4. The zero-order valence-electron chi connectivity index (χ0n) is 14.4. The first-order chi connectivity index (χ1) is 11.4. The molecule has 0 saturated carbocycles. The number of esters is 1. The van der Waals surface area contributed by atoms with Crippen LogP contribution in [0, 0.1) is 12.8 Å². The minimum Gasteiger partial charge on any atom is -0.449 e. The van der Waals surface area contributed by atoms with Crippen molar-refractivity contribution in [1.82, 2.24) is 15.1 Å². The predicted octanol–water partition coefficient (Wildman–Crippen LogP) is 2.50. The van der Waals surface area contributed by atoms with Crippen LogP contribution in [0.2, 0.25) is 0 Å². The highest BCUT2D eigenvalue weighted by molar-refractivity contribution is 5.92. The lowest BCUT2D eigenvalue weighted by Gasteiger charge is -2.14. The van der Waals surface area contributed by atoms with E-state index in [-0.39, 0.29) is 5.91 Å². The van der Waals surface area contributed by atoms with Crippen molar-refractivity contribution in [2.75, 3.05) is 6.54 Å². The maximum Gasteiger partial charge on any atom is 0.338 e. The van der Waals surface area contributed by atoms with Crippen LogP contribution in [0.4, 0.5) is 0 Å². The summed E-state index contributed by atoms with van der Waals surface area (Å²) in [5.74, 6) is -0.470. The fraction of sp³-hybridized carbons (Fsp3) is 0.389. The molecule has 128 valence electrons. The fourth-order valence-corrected chi connectivity index (χ4v) is 2.11. The van der Waals surface area contributed by atoms with Gasteiger partial charge in [-0.25, -0.2) is 9.48 Å². The van der Waals surface area contributed by atoms with Gasteiger partial charge in [0.2, 0.25) is 0 Å². The van der Waals surface area contributed by atoms with Gasteiger partial charge >= 0.3 is 5.97 Å². The zero-order valence-corrected chi connectivity index (χ0v) is 14.4. The molecule has 2 aromatic rings. The van der Waals surface area contributed by atoms with Gasteiger partial charge < -0.3 is 10.1 Å². The summed E-state index contributed by atoms with van der Waals surface area (Å²) >= 11 is 0. The van der Waals surface area contributed by atoms with E-state index in [4.69, 9.17) is 4.74 Å². The number of hydrogen-bond donors (Lipinski definition) is 1. The van der Waals surface area contributed by atoms with Crippen molar-refractivity contribution in [3.8, 4) is 5.69 Å². The van der Waals surface area contributed by atoms with E-state index in [2.05, 4.69) is 10.4 Å². The van der Waals surface area contributed by atoms with E-state index in [0.29, 0.717) is 18.0 Å². The van der Waals surface area contributed by atoms with Crippen molar-refractivity contribution in [2.24, 2.45) is 5.92 Å². The Bertz CT molecular complexity index is 705. The number of aromatic nitrogens is 2. The standard InChI is InChI=1S/C18H23N3O3/c1-12(2)11-19-17(22)14(4)24-18(23)15-5-7-16(8-6-15)21-13(3)9-10-20-21/h5-10,12,14H,11H2,1-4H3,(H,19,22)/t14-/m1/s1. The first kappa shape index (κ1) is 17.7. The Hall–Kier alpha value is -2.63. The SMILES string of the molecule is Cc1ccnn1-c1ccc(C(=O)O[C@H](C)C(=O)NCC(C)C)cc1. The van der Waals surface area contributed by atoms with Crippen LogP contribution in [0.25, 0.3) is 5.69 Å². The number of amides is 1. The molecule has 1 aromatic carbocycles. The number of rotatable bonds is 6. The first-order valence-electron chi connectivity index (χ1n) is 7.98. The van der Waals surface area contributed by atoms with E-state index in [1.165, 1.54) is 0 Å². The summed E-state index contributed by atoms with van der Waals surface area (Å²) in [4.78, 5) is 24.0. The molecule has 0 fully saturated rings. The van der Waals surface area contributed by atoms with Gasteiger partial charge in [-0.15, -0.1) is 0 Å². The molecule has 0 bridgehead atoms. The lowest BCUT2D eigenvalue weighted by Crippen LogP contribution is -2.37. The Morgan fingerprint density at radius 2 is 1.83 bits per heavy atom. The minimum absolute atomic E-state index is 0.291. The third-order valence-electron chi connectivity index (χ3n) is 3.52. The summed E-state index contributed by atoms with van der Waals surface area (Å²) in [5.41, 5.74) is 2.25. The summed E-state index contributed by atoms with van der Waals surface area (Å²) in [6.45, 7) is 8.07. The van der Waals surface area contributed by atoms with Crippen LogP contribution in [-0.2, 0) is 9.53 Å². The van der Waals surface area contributed by atoms with Gasteiger partial charge in [-0.05, 0) is 50.1 Å². The van der Waals surface area contributed by atoms with Crippen LogP contribution in [0.3, 0.4) is 0 Å². The van der Waals surface area contributed by atoms with Crippen LogP contribution < -0.4 is 5.32 Å². The van der Waals surface area contributed by atoms with Crippen LogP contribution in [0.15, 0.2) is 36.5 Å². The molecule has 0 spiro atoms. The lowest BCUT2D eigenvalue weighted by atomic mass is 10.2. The first-order valence-corrected chi connectivity index (χ1v) is 7.98. The monoisotopic (exact) mass is 329 g/mol. The second kappa shape index (κ2) is 7.77. The van der Waals surface area contributed by atoms with Crippen molar-refractivity contribution < 1.29 is 14.3 Å². The molecule has 1 N–H and O–H groups in total. The van der Waals surface area contributed by atoms with E-state index < -0.39 is 12.1 Å². The average molecular weight is 329 g/mol. The normalized spacial score (nSPS) is 12.0. The zero-order chi connectivity index (χ0) is 17.7. The Morgan fingerprint density at radius 1 is 1.17 bits per heavy atom. The maximum absolute atomic E-state index is 12.1. The quantitative estimate of drug-likeness (QED) is 0.827. The number of aryl methyl sites for hydroxylation is 1. The van der Waals surface area contributed by atoms with Crippen LogP contribution in [0.5, 0.6) is 0 Å². The minimum atomic E-state index is -0.829. The molecule has 0 aliphatic heterocycles. The predicted molar refractivity (Wildman–Crippen MR) is 91.0 cm³/mol. The molecular formula is C18H23N3O3. The molecular weight excluding hydrogens is 306 g/mol. The molecule has 0 saturated heterocycles. The van der Waals surface area contributed by atoms with Crippen LogP contribution in [-0.4, -0.2) is 34.3 Å². The summed E-state index contributed by atoms with van der Waals surface area (Å²) in [6, 6.07) is 8.81. The molecule has 1 aromatic heterocycles.